The molecule has 0 aliphatic heterocycles. The van der Waals surface area contributed by atoms with Crippen LogP contribution in [-0.4, -0.2) is 8.07 Å². The molecule has 0 saturated carbocycles. The van der Waals surface area contributed by atoms with Crippen molar-refractivity contribution < 1.29 is 0 Å². The van der Waals surface area contributed by atoms with Crippen LogP contribution in [0.25, 0.3) is 6.08 Å². The molecule has 0 spiro atoms. The summed E-state index contributed by atoms with van der Waals surface area (Å²) in [6.45, 7) is 10.7. The Kier molecular flexibility index (Phi) is 2.98. The van der Waals surface area contributed by atoms with Gasteiger partial charge in [-0.1, -0.05) is 55.5 Å². The Morgan fingerprint density at radius 1 is 1.36 bits per heavy atom. The van der Waals surface area contributed by atoms with Crippen LogP contribution in [0.2, 0.25) is 19.6 Å². The number of rotatable bonds is 2. The molecule has 1 aromatic rings. The van der Waals surface area contributed by atoms with E-state index in [9.17, 15) is 0 Å². The third kappa shape index (κ3) is 2.15. The molecule has 1 rings (SSSR count). The molecule has 0 radical (unpaired) electrons. The Hall–Kier alpha value is -1.26. The van der Waals surface area contributed by atoms with E-state index >= 15 is 0 Å². The Morgan fingerprint density at radius 3 is 2.43 bits per heavy atom. The highest BCUT2D eigenvalue weighted by atomic mass is 28.3. The predicted molar refractivity (Wildman–Crippen MR) is 67.4 cm³/mol. The van der Waals surface area contributed by atoms with Crippen LogP contribution in [0, 0.1) is 12.3 Å². The molecule has 0 saturated heterocycles. The molecule has 0 aliphatic rings. The van der Waals surface area contributed by atoms with Gasteiger partial charge in [0.2, 0.25) is 0 Å². The van der Waals surface area contributed by atoms with Crippen LogP contribution in [0.15, 0.2) is 24.8 Å². The van der Waals surface area contributed by atoms with E-state index in [1.165, 1.54) is 5.19 Å². The van der Waals surface area contributed by atoms with Crippen LogP contribution < -0.4 is 5.19 Å². The van der Waals surface area contributed by atoms with E-state index in [2.05, 4.69) is 50.3 Å². The summed E-state index contributed by atoms with van der Waals surface area (Å²) in [6.07, 6.45) is 7.26. The van der Waals surface area contributed by atoms with Crippen LogP contribution in [0.1, 0.15) is 11.1 Å². The third-order valence-electron chi connectivity index (χ3n) is 2.29. The van der Waals surface area contributed by atoms with Gasteiger partial charge in [0.1, 0.15) is 0 Å². The van der Waals surface area contributed by atoms with Crippen molar-refractivity contribution >= 4 is 19.3 Å². The van der Waals surface area contributed by atoms with Crippen molar-refractivity contribution in [2.24, 2.45) is 0 Å². The van der Waals surface area contributed by atoms with Gasteiger partial charge in [-0.2, -0.15) is 0 Å². The van der Waals surface area contributed by atoms with E-state index in [1.54, 1.807) is 0 Å². The van der Waals surface area contributed by atoms with E-state index in [4.69, 9.17) is 6.42 Å². The van der Waals surface area contributed by atoms with Crippen LogP contribution in [0.5, 0.6) is 0 Å². The molecule has 0 unspecified atom stereocenters. The molecule has 1 heteroatoms. The summed E-state index contributed by atoms with van der Waals surface area (Å²) in [7, 11) is -1.25. The van der Waals surface area contributed by atoms with Gasteiger partial charge in [0, 0.05) is 5.56 Å². The second-order valence-corrected chi connectivity index (χ2v) is 9.48. The van der Waals surface area contributed by atoms with Gasteiger partial charge in [-0.3, -0.25) is 0 Å². The smallest absolute Gasteiger partial charge is 0.0776 e. The molecule has 0 aliphatic carbocycles. The summed E-state index contributed by atoms with van der Waals surface area (Å²) in [5, 5.41) is 1.40. The molecule has 0 aromatic heterocycles. The lowest BCUT2D eigenvalue weighted by Gasteiger charge is -2.17. The fourth-order valence-electron chi connectivity index (χ4n) is 1.33. The maximum Gasteiger partial charge on any atom is 0.0776 e. The van der Waals surface area contributed by atoms with Crippen LogP contribution in [0.3, 0.4) is 0 Å². The summed E-state index contributed by atoms with van der Waals surface area (Å²) >= 11 is 0. The third-order valence-corrected chi connectivity index (χ3v) is 4.34. The van der Waals surface area contributed by atoms with Crippen molar-refractivity contribution in [2.75, 3.05) is 0 Å². The van der Waals surface area contributed by atoms with Crippen LogP contribution >= 0.6 is 0 Å². The number of benzene rings is 1. The Labute approximate surface area is 87.7 Å². The largest absolute Gasteiger partial charge is 0.115 e. The van der Waals surface area contributed by atoms with Crippen molar-refractivity contribution in [3.8, 4) is 12.3 Å². The van der Waals surface area contributed by atoms with Gasteiger partial charge in [0.25, 0.3) is 0 Å². The predicted octanol–water partition coefficient (Wildman–Crippen LogP) is 2.86. The molecule has 0 amide bonds. The van der Waals surface area contributed by atoms with E-state index in [0.717, 1.165) is 11.1 Å². The zero-order valence-electron chi connectivity index (χ0n) is 9.09. The highest BCUT2D eigenvalue weighted by Gasteiger charge is 2.16. The average molecular weight is 200 g/mol. The second kappa shape index (κ2) is 3.85. The molecule has 0 fully saturated rings. The standard InChI is InChI=1S/C13H16Si/c1-6-11-8-9-13(14(3,4)5)10-12(11)7-2/h2,6,8-10H,1H2,3-5H3. The van der Waals surface area contributed by atoms with E-state index in [1.807, 2.05) is 6.08 Å². The zero-order valence-corrected chi connectivity index (χ0v) is 10.1. The van der Waals surface area contributed by atoms with Crippen molar-refractivity contribution in [1.29, 1.82) is 0 Å². The fraction of sp³-hybridized carbons (Fsp3) is 0.231. The second-order valence-electron chi connectivity index (χ2n) is 4.40. The van der Waals surface area contributed by atoms with Crippen molar-refractivity contribution in [3.05, 3.63) is 35.9 Å². The first kappa shape index (κ1) is 10.8. The summed E-state index contributed by atoms with van der Waals surface area (Å²) in [5.74, 6) is 2.71. The van der Waals surface area contributed by atoms with E-state index in [0.29, 0.717) is 0 Å². The summed E-state index contributed by atoms with van der Waals surface area (Å²) < 4.78 is 0. The maximum atomic E-state index is 5.46. The maximum absolute atomic E-state index is 5.46. The first-order valence-electron chi connectivity index (χ1n) is 4.72. The normalized spacial score (nSPS) is 10.7. The SMILES string of the molecule is C#Cc1cc([Si](C)(C)C)ccc1C=C. The van der Waals surface area contributed by atoms with E-state index < -0.39 is 8.07 Å². The molecular weight excluding hydrogens is 184 g/mol. The van der Waals surface area contributed by atoms with Crippen LogP contribution in [0.4, 0.5) is 0 Å². The van der Waals surface area contributed by atoms with Gasteiger partial charge in [-0.15, -0.1) is 6.42 Å². The van der Waals surface area contributed by atoms with Gasteiger partial charge < -0.3 is 0 Å². The summed E-state index contributed by atoms with van der Waals surface area (Å²) in [6, 6.07) is 6.36. The molecule has 14 heavy (non-hydrogen) atoms. The van der Waals surface area contributed by atoms with Crippen LogP contribution in [-0.2, 0) is 0 Å². The number of hydrogen-bond acceptors (Lipinski definition) is 0. The minimum atomic E-state index is -1.25. The lowest BCUT2D eigenvalue weighted by atomic mass is 10.1. The minimum absolute atomic E-state index is 0.958. The molecule has 0 nitrogen and oxygen atoms in total. The molecule has 0 atom stereocenters. The lowest BCUT2D eigenvalue weighted by Crippen LogP contribution is -2.37. The Morgan fingerprint density at radius 2 is 2.00 bits per heavy atom. The quantitative estimate of drug-likeness (QED) is 0.509. The molecule has 72 valence electrons. The lowest BCUT2D eigenvalue weighted by molar-refractivity contribution is 1.60. The minimum Gasteiger partial charge on any atom is -0.115 e. The monoisotopic (exact) mass is 200 g/mol. The molecule has 0 N–H and O–H groups in total. The fourth-order valence-corrected chi connectivity index (χ4v) is 2.49. The van der Waals surface area contributed by atoms with Gasteiger partial charge in [-0.25, -0.2) is 0 Å². The highest BCUT2D eigenvalue weighted by molar-refractivity contribution is 6.88. The van der Waals surface area contributed by atoms with E-state index in [-0.39, 0.29) is 0 Å². The first-order chi connectivity index (χ1) is 6.49. The summed E-state index contributed by atoms with van der Waals surface area (Å²) in [4.78, 5) is 0. The topological polar surface area (TPSA) is 0 Å². The number of hydrogen-bond donors (Lipinski definition) is 0. The van der Waals surface area contributed by atoms with Crippen molar-refractivity contribution in [2.45, 2.75) is 19.6 Å². The summed E-state index contributed by atoms with van der Waals surface area (Å²) in [5.41, 5.74) is 2.01. The van der Waals surface area contributed by atoms with Gasteiger partial charge in [0.15, 0.2) is 0 Å². The molecule has 0 heterocycles. The van der Waals surface area contributed by atoms with Gasteiger partial charge >= 0.3 is 0 Å². The Balaban J connectivity index is 3.30. The molecule has 1 aromatic carbocycles. The van der Waals surface area contributed by atoms with Gasteiger partial charge in [0.05, 0.1) is 8.07 Å². The molecular formula is C13H16Si. The van der Waals surface area contributed by atoms with Gasteiger partial charge in [-0.05, 0) is 11.6 Å². The zero-order chi connectivity index (χ0) is 10.8. The number of terminal acetylenes is 1. The average Bonchev–Trinajstić information content (AvgIpc) is 2.15. The highest BCUT2D eigenvalue weighted by Crippen LogP contribution is 2.10. The first-order valence-corrected chi connectivity index (χ1v) is 8.22. The van der Waals surface area contributed by atoms with Crippen molar-refractivity contribution in [3.63, 3.8) is 0 Å². The Bertz CT molecular complexity index is 389. The molecule has 0 bridgehead atoms. The van der Waals surface area contributed by atoms with Crippen molar-refractivity contribution in [1.82, 2.24) is 0 Å².